The molecule has 6 heteroatoms. The summed E-state index contributed by atoms with van der Waals surface area (Å²) in [5.41, 5.74) is 26.7. The van der Waals surface area contributed by atoms with Crippen molar-refractivity contribution in [3.8, 4) is 0 Å². The van der Waals surface area contributed by atoms with Crippen molar-refractivity contribution >= 4 is 32.8 Å². The van der Waals surface area contributed by atoms with Crippen molar-refractivity contribution in [1.29, 1.82) is 0 Å². The zero-order chi connectivity index (χ0) is 43.6. The second-order valence-electron chi connectivity index (χ2n) is 19.8. The summed E-state index contributed by atoms with van der Waals surface area (Å²) in [6.45, 7) is 52.2. The van der Waals surface area contributed by atoms with E-state index in [1.807, 2.05) is 13.8 Å². The van der Waals surface area contributed by atoms with Gasteiger partial charge in [0.15, 0.2) is 0 Å². The Morgan fingerprint density at radius 1 is 0.263 bits per heavy atom. The van der Waals surface area contributed by atoms with Gasteiger partial charge in [-0.3, -0.25) is 0 Å². The largest absolute Gasteiger partial charge is 0.249 e. The standard InChI is InChI=1S/3C17H24N2/c1-9-10(2)15-16(19-13(5)12(4)18-15)11(3)14(9)17(6,7)8;1-9-10(2)12(4)15-14(11(9)3)18-13(5)16(19-15)17(6,7)8;1-9-10(2)12(4)15-14(11(9)3)13(5)18-19-16(15)17(6,7)8/h3*1-8H3. The first-order chi connectivity index (χ1) is 25.9. The van der Waals surface area contributed by atoms with Crippen LogP contribution in [0.3, 0.4) is 0 Å². The van der Waals surface area contributed by atoms with E-state index >= 15 is 0 Å². The molecule has 0 amide bonds. The minimum Gasteiger partial charge on any atom is -0.249 e. The van der Waals surface area contributed by atoms with Crippen LogP contribution in [0.1, 0.15) is 163 Å². The Hall–Kier alpha value is -4.32. The molecule has 57 heavy (non-hydrogen) atoms. The van der Waals surface area contributed by atoms with Gasteiger partial charge in [-0.2, -0.15) is 10.2 Å². The number of aryl methyl sites for hydroxylation is 10. The van der Waals surface area contributed by atoms with Crippen LogP contribution in [0.2, 0.25) is 0 Å². The third-order valence-corrected chi connectivity index (χ3v) is 12.6. The van der Waals surface area contributed by atoms with E-state index in [1.54, 1.807) is 0 Å². The van der Waals surface area contributed by atoms with Crippen LogP contribution >= 0.6 is 0 Å². The van der Waals surface area contributed by atoms with Crippen LogP contribution in [-0.2, 0) is 16.2 Å². The first-order valence-corrected chi connectivity index (χ1v) is 20.7. The molecule has 0 aliphatic heterocycles. The van der Waals surface area contributed by atoms with Gasteiger partial charge in [0.25, 0.3) is 0 Å². The maximum absolute atomic E-state index is 4.95. The smallest absolute Gasteiger partial charge is 0.0925 e. The SMILES string of the molecule is Cc1c(C)c(C)c2c(C(C)(C)C)nnc(C)c2c1C.Cc1nc2c(C)c(C)c(C(C)(C)C)c(C)c2nc1C.Cc1nc2c(C)c(C)c(C)c(C)c2nc1C(C)(C)C. The minimum absolute atomic E-state index is 0.0118. The van der Waals surface area contributed by atoms with Crippen LogP contribution in [0, 0.1) is 104 Å². The van der Waals surface area contributed by atoms with Crippen LogP contribution in [0.25, 0.3) is 32.8 Å². The molecule has 0 aliphatic rings. The fraction of sp³-hybridized carbons (Fsp3) is 0.529. The van der Waals surface area contributed by atoms with Crippen LogP contribution < -0.4 is 0 Å². The van der Waals surface area contributed by atoms with Crippen LogP contribution in [-0.4, -0.2) is 30.1 Å². The molecular formula is C51H72N6. The second-order valence-corrected chi connectivity index (χ2v) is 19.8. The van der Waals surface area contributed by atoms with E-state index in [4.69, 9.17) is 19.9 Å². The van der Waals surface area contributed by atoms with Crippen molar-refractivity contribution in [3.05, 3.63) is 101 Å². The summed E-state index contributed by atoms with van der Waals surface area (Å²) in [6.07, 6.45) is 0. The number of aromatic nitrogens is 6. The van der Waals surface area contributed by atoms with Crippen molar-refractivity contribution < 1.29 is 0 Å². The van der Waals surface area contributed by atoms with E-state index in [0.717, 1.165) is 56.2 Å². The molecule has 0 N–H and O–H groups in total. The Labute approximate surface area is 345 Å². The molecule has 0 atom stereocenters. The molecule has 0 saturated carbocycles. The molecule has 0 fully saturated rings. The molecule has 0 saturated heterocycles. The first-order valence-electron chi connectivity index (χ1n) is 20.7. The molecular weight excluding hydrogens is 697 g/mol. The fourth-order valence-electron chi connectivity index (χ4n) is 8.50. The van der Waals surface area contributed by atoms with Gasteiger partial charge >= 0.3 is 0 Å². The minimum atomic E-state index is 0.0118. The molecule has 0 unspecified atom stereocenters. The molecule has 0 radical (unpaired) electrons. The number of hydrogen-bond donors (Lipinski definition) is 0. The summed E-state index contributed by atoms with van der Waals surface area (Å²) in [4.78, 5) is 19.3. The second kappa shape index (κ2) is 15.8. The number of benzene rings is 3. The summed E-state index contributed by atoms with van der Waals surface area (Å²) in [7, 11) is 0. The topological polar surface area (TPSA) is 77.3 Å². The van der Waals surface area contributed by atoms with Crippen molar-refractivity contribution in [2.45, 2.75) is 182 Å². The molecule has 0 aliphatic carbocycles. The Morgan fingerprint density at radius 2 is 0.614 bits per heavy atom. The fourth-order valence-corrected chi connectivity index (χ4v) is 8.50. The molecule has 6 aromatic rings. The van der Waals surface area contributed by atoms with Gasteiger partial charge < -0.3 is 0 Å². The predicted octanol–water partition coefficient (Wildman–Crippen LogP) is 13.4. The van der Waals surface area contributed by atoms with Gasteiger partial charge in [0, 0.05) is 21.6 Å². The highest BCUT2D eigenvalue weighted by Gasteiger charge is 2.26. The maximum Gasteiger partial charge on any atom is 0.0925 e. The molecule has 6 nitrogen and oxygen atoms in total. The van der Waals surface area contributed by atoms with Crippen molar-refractivity contribution in [2.24, 2.45) is 0 Å². The first kappa shape index (κ1) is 45.4. The summed E-state index contributed by atoms with van der Waals surface area (Å²) in [6, 6.07) is 0. The van der Waals surface area contributed by atoms with Crippen molar-refractivity contribution in [1.82, 2.24) is 30.1 Å². The van der Waals surface area contributed by atoms with Crippen LogP contribution in [0.15, 0.2) is 0 Å². The van der Waals surface area contributed by atoms with Crippen molar-refractivity contribution in [2.75, 3.05) is 0 Å². The predicted molar refractivity (Wildman–Crippen MR) is 246 cm³/mol. The normalized spacial score (nSPS) is 12.2. The zero-order valence-electron chi connectivity index (χ0n) is 40.2. The third kappa shape index (κ3) is 8.47. The Bertz CT molecular complexity index is 2550. The highest BCUT2D eigenvalue weighted by Crippen LogP contribution is 2.37. The van der Waals surface area contributed by atoms with E-state index < -0.39 is 0 Å². The highest BCUT2D eigenvalue weighted by molar-refractivity contribution is 5.94. The molecule has 3 heterocycles. The number of fused-ring (bicyclic) bond motifs is 3. The lowest BCUT2D eigenvalue weighted by molar-refractivity contribution is 0.563. The number of hydrogen-bond acceptors (Lipinski definition) is 6. The van der Waals surface area contributed by atoms with E-state index in [0.29, 0.717) is 0 Å². The van der Waals surface area contributed by atoms with Gasteiger partial charge in [-0.25, -0.2) is 19.9 Å². The molecule has 306 valence electrons. The quantitative estimate of drug-likeness (QED) is 0.153. The van der Waals surface area contributed by atoms with Gasteiger partial charge in [0.05, 0.1) is 56.2 Å². The average Bonchev–Trinajstić information content (AvgIpc) is 3.10. The maximum atomic E-state index is 4.95. The molecule has 3 aromatic heterocycles. The monoisotopic (exact) mass is 769 g/mol. The van der Waals surface area contributed by atoms with Gasteiger partial charge in [-0.15, -0.1) is 0 Å². The lowest BCUT2D eigenvalue weighted by atomic mass is 9.79. The number of nitrogens with zero attached hydrogens (tertiary/aromatic N) is 6. The van der Waals surface area contributed by atoms with Gasteiger partial charge in [0.1, 0.15) is 0 Å². The van der Waals surface area contributed by atoms with Gasteiger partial charge in [-0.05, 0) is 176 Å². The van der Waals surface area contributed by atoms with Gasteiger partial charge in [-0.1, -0.05) is 62.3 Å². The average molecular weight is 769 g/mol. The Morgan fingerprint density at radius 3 is 1.04 bits per heavy atom. The molecule has 6 rings (SSSR count). The van der Waals surface area contributed by atoms with E-state index in [-0.39, 0.29) is 16.2 Å². The lowest BCUT2D eigenvalue weighted by Crippen LogP contribution is -2.17. The Kier molecular flexibility index (Phi) is 12.6. The summed E-state index contributed by atoms with van der Waals surface area (Å²) < 4.78 is 0. The summed E-state index contributed by atoms with van der Waals surface area (Å²) in [5, 5.41) is 11.5. The summed E-state index contributed by atoms with van der Waals surface area (Å²) >= 11 is 0. The highest BCUT2D eigenvalue weighted by atomic mass is 15.1. The van der Waals surface area contributed by atoms with Crippen LogP contribution in [0.4, 0.5) is 0 Å². The van der Waals surface area contributed by atoms with E-state index in [9.17, 15) is 0 Å². The van der Waals surface area contributed by atoms with Gasteiger partial charge in [0.2, 0.25) is 0 Å². The number of rotatable bonds is 0. The molecule has 0 bridgehead atoms. The Balaban J connectivity index is 0.000000189. The molecule has 0 spiro atoms. The zero-order valence-corrected chi connectivity index (χ0v) is 40.2. The van der Waals surface area contributed by atoms with E-state index in [1.165, 1.54) is 77.5 Å². The van der Waals surface area contributed by atoms with Crippen LogP contribution in [0.5, 0.6) is 0 Å². The third-order valence-electron chi connectivity index (χ3n) is 12.6. The lowest BCUT2D eigenvalue weighted by Gasteiger charge is -2.26. The molecule has 3 aromatic carbocycles. The van der Waals surface area contributed by atoms with E-state index in [2.05, 4.69) is 163 Å². The van der Waals surface area contributed by atoms with Crippen molar-refractivity contribution in [3.63, 3.8) is 0 Å². The summed E-state index contributed by atoms with van der Waals surface area (Å²) in [5.74, 6) is 0.